The van der Waals surface area contributed by atoms with Gasteiger partial charge in [-0.3, -0.25) is 0 Å². The number of alkyl carbamates (subject to hydrolysis) is 1. The van der Waals surface area contributed by atoms with Crippen LogP contribution < -0.4 is 5.32 Å². The molecule has 3 aromatic rings. The molecule has 0 aliphatic carbocycles. The Balaban J connectivity index is 1.80. The highest BCUT2D eigenvalue weighted by molar-refractivity contribution is 9.10. The van der Waals surface area contributed by atoms with E-state index in [2.05, 4.69) is 31.3 Å². The minimum absolute atomic E-state index is 0.0418. The van der Waals surface area contributed by atoms with Gasteiger partial charge in [0.25, 0.3) is 0 Å². The molecule has 0 spiro atoms. The third kappa shape index (κ3) is 4.19. The molecule has 8 heteroatoms. The van der Waals surface area contributed by atoms with Crippen molar-refractivity contribution in [3.63, 3.8) is 0 Å². The van der Waals surface area contributed by atoms with Gasteiger partial charge in [0.1, 0.15) is 16.0 Å². The smallest absolute Gasteiger partial charge is 0.407 e. The molecular formula is C18H18BrFN4O2. The largest absolute Gasteiger partial charge is 0.444 e. The molecule has 1 aromatic carbocycles. The fourth-order valence-electron chi connectivity index (χ4n) is 2.42. The van der Waals surface area contributed by atoms with Crippen molar-refractivity contribution in [2.75, 3.05) is 0 Å². The van der Waals surface area contributed by atoms with E-state index in [0.29, 0.717) is 27.1 Å². The Morgan fingerprint density at radius 3 is 2.77 bits per heavy atom. The number of halogens is 2. The lowest BCUT2D eigenvalue weighted by Gasteiger charge is -2.19. The SMILES string of the molecule is CC(C)(C)OC(=O)NCc1ccc(-c2ccnc3cc(Br)nn23)cc1F. The van der Waals surface area contributed by atoms with Gasteiger partial charge in [-0.25, -0.2) is 18.7 Å². The average Bonchev–Trinajstić information content (AvgIpc) is 2.92. The van der Waals surface area contributed by atoms with Crippen molar-refractivity contribution >= 4 is 27.7 Å². The van der Waals surface area contributed by atoms with Crippen LogP contribution in [0.5, 0.6) is 0 Å². The predicted octanol–water partition coefficient (Wildman–Crippen LogP) is 4.32. The number of carbonyl (C=O) groups is 1. The molecule has 2 aromatic heterocycles. The Morgan fingerprint density at radius 1 is 1.31 bits per heavy atom. The summed E-state index contributed by atoms with van der Waals surface area (Å²) in [5, 5.41) is 6.86. The number of ether oxygens (including phenoxy) is 1. The summed E-state index contributed by atoms with van der Waals surface area (Å²) < 4.78 is 21.9. The van der Waals surface area contributed by atoms with Crippen molar-refractivity contribution in [3.05, 3.63) is 52.5 Å². The Bertz CT molecular complexity index is 965. The first-order valence-electron chi connectivity index (χ1n) is 7.99. The molecule has 1 N–H and O–H groups in total. The normalized spacial score (nSPS) is 11.6. The maximum absolute atomic E-state index is 14.5. The maximum Gasteiger partial charge on any atom is 0.407 e. The molecule has 0 saturated heterocycles. The van der Waals surface area contributed by atoms with Crippen LogP contribution in [-0.4, -0.2) is 26.3 Å². The van der Waals surface area contributed by atoms with Crippen LogP contribution >= 0.6 is 15.9 Å². The van der Waals surface area contributed by atoms with E-state index < -0.39 is 17.5 Å². The van der Waals surface area contributed by atoms with Crippen LogP contribution in [0, 0.1) is 5.82 Å². The number of nitrogens with zero attached hydrogens (tertiary/aromatic N) is 3. The standard InChI is InChI=1S/C18H18BrFN4O2/c1-18(2,3)26-17(25)22-10-12-5-4-11(8-13(12)20)14-6-7-21-16-9-15(19)23-24(14)16/h4-9H,10H2,1-3H3,(H,22,25). The molecule has 0 radical (unpaired) electrons. The molecule has 6 nitrogen and oxygen atoms in total. The molecule has 136 valence electrons. The minimum atomic E-state index is -0.600. The second-order valence-corrected chi connectivity index (χ2v) is 7.54. The number of amides is 1. The number of rotatable bonds is 3. The molecule has 3 rings (SSSR count). The van der Waals surface area contributed by atoms with E-state index in [1.54, 1.807) is 55.7 Å². The lowest BCUT2D eigenvalue weighted by Crippen LogP contribution is -2.32. The van der Waals surface area contributed by atoms with Gasteiger partial charge < -0.3 is 10.1 Å². The number of carbonyl (C=O) groups excluding carboxylic acids is 1. The second-order valence-electron chi connectivity index (χ2n) is 6.73. The highest BCUT2D eigenvalue weighted by Gasteiger charge is 2.16. The van der Waals surface area contributed by atoms with E-state index in [9.17, 15) is 9.18 Å². The van der Waals surface area contributed by atoms with E-state index in [1.807, 2.05) is 0 Å². The molecule has 0 saturated carbocycles. The second kappa shape index (κ2) is 7.03. The zero-order valence-electron chi connectivity index (χ0n) is 14.6. The summed E-state index contributed by atoms with van der Waals surface area (Å²) in [6.07, 6.45) is 1.06. The lowest BCUT2D eigenvalue weighted by atomic mass is 10.1. The molecular weight excluding hydrogens is 403 g/mol. The van der Waals surface area contributed by atoms with Gasteiger partial charge in [-0.2, -0.15) is 5.10 Å². The number of hydrogen-bond acceptors (Lipinski definition) is 4. The third-order valence-electron chi connectivity index (χ3n) is 3.50. The van der Waals surface area contributed by atoms with E-state index in [-0.39, 0.29) is 6.54 Å². The first kappa shape index (κ1) is 18.3. The summed E-state index contributed by atoms with van der Waals surface area (Å²) in [6, 6.07) is 8.36. The number of hydrogen-bond donors (Lipinski definition) is 1. The van der Waals surface area contributed by atoms with Crippen LogP contribution in [-0.2, 0) is 11.3 Å². The highest BCUT2D eigenvalue weighted by atomic mass is 79.9. The van der Waals surface area contributed by atoms with Crippen LogP contribution in [0.1, 0.15) is 26.3 Å². The molecule has 0 bridgehead atoms. The van der Waals surface area contributed by atoms with Crippen LogP contribution in [0.2, 0.25) is 0 Å². The van der Waals surface area contributed by atoms with Crippen LogP contribution in [0.3, 0.4) is 0 Å². The van der Waals surface area contributed by atoms with Crippen molar-refractivity contribution in [2.45, 2.75) is 32.9 Å². The van der Waals surface area contributed by atoms with Crippen molar-refractivity contribution in [3.8, 4) is 11.3 Å². The molecule has 2 heterocycles. The molecule has 0 fully saturated rings. The van der Waals surface area contributed by atoms with Crippen LogP contribution in [0.15, 0.2) is 41.1 Å². The Hall–Kier alpha value is -2.48. The fourth-order valence-corrected chi connectivity index (χ4v) is 2.78. The topological polar surface area (TPSA) is 68.5 Å². The molecule has 0 aliphatic heterocycles. The summed E-state index contributed by atoms with van der Waals surface area (Å²) in [6.45, 7) is 5.35. The molecule has 26 heavy (non-hydrogen) atoms. The van der Waals surface area contributed by atoms with E-state index in [1.165, 1.54) is 6.07 Å². The minimum Gasteiger partial charge on any atom is -0.444 e. The number of aromatic nitrogens is 3. The maximum atomic E-state index is 14.5. The van der Waals surface area contributed by atoms with Crippen molar-refractivity contribution in [2.24, 2.45) is 0 Å². The average molecular weight is 421 g/mol. The zero-order valence-corrected chi connectivity index (χ0v) is 16.2. The van der Waals surface area contributed by atoms with Gasteiger partial charge in [-0.05, 0) is 48.8 Å². The lowest BCUT2D eigenvalue weighted by molar-refractivity contribution is 0.0523. The van der Waals surface area contributed by atoms with Gasteiger partial charge in [0, 0.05) is 29.9 Å². The molecule has 1 amide bonds. The third-order valence-corrected chi connectivity index (χ3v) is 3.89. The van der Waals surface area contributed by atoms with Gasteiger partial charge >= 0.3 is 6.09 Å². The quantitative estimate of drug-likeness (QED) is 0.684. The van der Waals surface area contributed by atoms with Gasteiger partial charge in [0.2, 0.25) is 0 Å². The molecule has 0 unspecified atom stereocenters. The van der Waals surface area contributed by atoms with E-state index in [4.69, 9.17) is 4.74 Å². The van der Waals surface area contributed by atoms with Crippen molar-refractivity contribution in [1.29, 1.82) is 0 Å². The summed E-state index contributed by atoms with van der Waals surface area (Å²) in [7, 11) is 0. The number of fused-ring (bicyclic) bond motifs is 1. The van der Waals surface area contributed by atoms with Gasteiger partial charge in [-0.1, -0.05) is 12.1 Å². The van der Waals surface area contributed by atoms with Crippen LogP contribution in [0.25, 0.3) is 16.9 Å². The summed E-state index contributed by atoms with van der Waals surface area (Å²) >= 11 is 3.31. The highest BCUT2D eigenvalue weighted by Crippen LogP contribution is 2.23. The van der Waals surface area contributed by atoms with E-state index in [0.717, 1.165) is 0 Å². The van der Waals surface area contributed by atoms with Crippen molar-refractivity contribution < 1.29 is 13.9 Å². The van der Waals surface area contributed by atoms with Gasteiger partial charge in [0.05, 0.1) is 5.69 Å². The summed E-state index contributed by atoms with van der Waals surface area (Å²) in [5.74, 6) is -0.422. The monoisotopic (exact) mass is 420 g/mol. The van der Waals surface area contributed by atoms with Gasteiger partial charge in [0.15, 0.2) is 5.65 Å². The van der Waals surface area contributed by atoms with E-state index >= 15 is 0 Å². The van der Waals surface area contributed by atoms with Gasteiger partial charge in [-0.15, -0.1) is 0 Å². The van der Waals surface area contributed by atoms with Crippen molar-refractivity contribution in [1.82, 2.24) is 19.9 Å². The predicted molar refractivity (Wildman–Crippen MR) is 99.2 cm³/mol. The first-order chi connectivity index (χ1) is 12.2. The summed E-state index contributed by atoms with van der Waals surface area (Å²) in [5.41, 5.74) is 1.80. The van der Waals surface area contributed by atoms with Crippen LogP contribution in [0.4, 0.5) is 9.18 Å². The summed E-state index contributed by atoms with van der Waals surface area (Å²) in [4.78, 5) is 15.9. The Labute approximate surface area is 158 Å². The zero-order chi connectivity index (χ0) is 18.9. The Kier molecular flexibility index (Phi) is 4.95. The molecule has 0 atom stereocenters. The first-order valence-corrected chi connectivity index (χ1v) is 8.78. The number of benzene rings is 1. The fraction of sp³-hybridized carbons (Fsp3) is 0.278. The molecule has 0 aliphatic rings. The number of nitrogens with one attached hydrogen (secondary N) is 1. The Morgan fingerprint density at radius 2 is 2.08 bits per heavy atom.